The number of thioether (sulfide) groups is 1. The highest BCUT2D eigenvalue weighted by Crippen LogP contribution is 2.45. The van der Waals surface area contributed by atoms with E-state index in [2.05, 4.69) is 6.58 Å². The maximum absolute atomic E-state index is 11.4. The van der Waals surface area contributed by atoms with Gasteiger partial charge in [-0.3, -0.25) is 0 Å². The molecule has 9 heteroatoms. The zero-order chi connectivity index (χ0) is 18.3. The lowest BCUT2D eigenvalue weighted by atomic mass is 10.1. The molecule has 0 aromatic carbocycles. The predicted octanol–water partition coefficient (Wildman–Crippen LogP) is 4.10. The first kappa shape index (κ1) is 17.5. The largest absolute Gasteiger partial charge is 0.477 e. The molecule has 0 fully saturated rings. The summed E-state index contributed by atoms with van der Waals surface area (Å²) in [5, 5.41) is 27.9. The number of allylic oxidation sites excluding steroid dienone is 2. The fourth-order valence-corrected chi connectivity index (χ4v) is 5.35. The number of fused-ring (bicyclic) bond motifs is 3. The van der Waals surface area contributed by atoms with Gasteiger partial charge in [-0.1, -0.05) is 6.58 Å². The van der Waals surface area contributed by atoms with Crippen molar-refractivity contribution < 1.29 is 29.7 Å². The average molecular weight is 394 g/mol. The van der Waals surface area contributed by atoms with Crippen LogP contribution in [0.15, 0.2) is 29.7 Å². The van der Waals surface area contributed by atoms with Gasteiger partial charge in [-0.05, 0) is 29.3 Å². The summed E-state index contributed by atoms with van der Waals surface area (Å²) in [4.78, 5) is 35.5. The van der Waals surface area contributed by atoms with Crippen molar-refractivity contribution in [2.45, 2.75) is 5.75 Å². The van der Waals surface area contributed by atoms with Gasteiger partial charge in [0.05, 0.1) is 4.91 Å². The maximum Gasteiger partial charge on any atom is 0.345 e. The Morgan fingerprint density at radius 3 is 2.12 bits per heavy atom. The number of hydrogen-bond acceptors (Lipinski definition) is 6. The fraction of sp³-hybridized carbons (Fsp3) is 0.0625. The van der Waals surface area contributed by atoms with Crippen molar-refractivity contribution in [2.75, 3.05) is 0 Å². The van der Waals surface area contributed by atoms with Crippen molar-refractivity contribution in [2.24, 2.45) is 0 Å². The lowest BCUT2D eigenvalue weighted by Crippen LogP contribution is -1.97. The van der Waals surface area contributed by atoms with Crippen LogP contribution in [0.5, 0.6) is 0 Å². The Hall–Kier alpha value is -2.36. The van der Waals surface area contributed by atoms with E-state index in [1.807, 2.05) is 0 Å². The van der Waals surface area contributed by atoms with Crippen LogP contribution < -0.4 is 0 Å². The van der Waals surface area contributed by atoms with E-state index in [1.54, 1.807) is 0 Å². The number of aromatic carboxylic acids is 2. The number of hydrogen-bond donors (Lipinski definition) is 3. The second kappa shape index (κ2) is 6.51. The van der Waals surface area contributed by atoms with Gasteiger partial charge in [0.2, 0.25) is 0 Å². The van der Waals surface area contributed by atoms with E-state index in [9.17, 15) is 29.7 Å². The maximum atomic E-state index is 11.4. The lowest BCUT2D eigenvalue weighted by Gasteiger charge is -2.02. The molecule has 0 unspecified atom stereocenters. The fourth-order valence-electron chi connectivity index (χ4n) is 2.32. The summed E-state index contributed by atoms with van der Waals surface area (Å²) >= 11 is 3.11. The number of rotatable bonds is 3. The molecule has 1 aliphatic heterocycles. The normalized spacial score (nSPS) is 15.8. The molecule has 0 spiro atoms. The smallest absolute Gasteiger partial charge is 0.345 e. The first-order valence-corrected chi connectivity index (χ1v) is 9.40. The van der Waals surface area contributed by atoms with Crippen molar-refractivity contribution in [3.63, 3.8) is 0 Å². The van der Waals surface area contributed by atoms with Gasteiger partial charge in [-0.2, -0.15) is 0 Å². The van der Waals surface area contributed by atoms with E-state index in [0.717, 1.165) is 34.4 Å². The molecular formula is C16H10O6S3. The highest BCUT2D eigenvalue weighted by molar-refractivity contribution is 8.03. The molecule has 0 amide bonds. The van der Waals surface area contributed by atoms with E-state index < -0.39 is 17.9 Å². The summed E-state index contributed by atoms with van der Waals surface area (Å²) in [5.41, 5.74) is 1.61. The van der Waals surface area contributed by atoms with Crippen LogP contribution in [0, 0.1) is 0 Å². The summed E-state index contributed by atoms with van der Waals surface area (Å²) in [6.07, 6.45) is 1.42. The molecule has 3 heterocycles. The van der Waals surface area contributed by atoms with Gasteiger partial charge in [0, 0.05) is 21.1 Å². The van der Waals surface area contributed by atoms with E-state index in [0.29, 0.717) is 26.5 Å². The molecule has 128 valence electrons. The number of carboxylic acid groups (broad SMARTS) is 3. The predicted molar refractivity (Wildman–Crippen MR) is 97.6 cm³/mol. The van der Waals surface area contributed by atoms with Crippen molar-refractivity contribution in [3.8, 4) is 10.4 Å². The van der Waals surface area contributed by atoms with Crippen LogP contribution in [0.25, 0.3) is 16.0 Å². The molecule has 3 rings (SSSR count). The Morgan fingerprint density at radius 2 is 1.52 bits per heavy atom. The monoisotopic (exact) mass is 394 g/mol. The molecule has 2 aromatic heterocycles. The molecule has 0 saturated heterocycles. The van der Waals surface area contributed by atoms with Gasteiger partial charge < -0.3 is 15.3 Å². The third-order valence-electron chi connectivity index (χ3n) is 3.40. The summed E-state index contributed by atoms with van der Waals surface area (Å²) in [5.74, 6) is -3.03. The second-order valence-electron chi connectivity index (χ2n) is 5.06. The van der Waals surface area contributed by atoms with Gasteiger partial charge in [-0.25, -0.2) is 14.4 Å². The molecule has 2 aromatic rings. The summed E-state index contributed by atoms with van der Waals surface area (Å²) in [6.45, 7) is 3.87. The minimum Gasteiger partial charge on any atom is -0.477 e. The number of carboxylic acids is 3. The highest BCUT2D eigenvalue weighted by Gasteiger charge is 2.25. The average Bonchev–Trinajstić information content (AvgIpc) is 3.14. The molecule has 0 saturated carbocycles. The minimum atomic E-state index is -1.11. The number of carbonyl (C=O) groups is 3. The molecule has 1 aliphatic rings. The van der Waals surface area contributed by atoms with Gasteiger partial charge in [0.1, 0.15) is 9.75 Å². The van der Waals surface area contributed by atoms with E-state index in [1.165, 1.54) is 18.2 Å². The van der Waals surface area contributed by atoms with Crippen LogP contribution in [0.4, 0.5) is 0 Å². The first-order valence-electron chi connectivity index (χ1n) is 6.78. The van der Waals surface area contributed by atoms with Crippen LogP contribution in [-0.2, 0) is 10.5 Å². The SMILES string of the molecule is C=C1/C=C(/C(=O)O)SCc2cc(C(=O)O)sc2-c2cc(C(=O)O)sc21. The van der Waals surface area contributed by atoms with Crippen LogP contribution in [-0.4, -0.2) is 33.2 Å². The quantitative estimate of drug-likeness (QED) is 0.718. The van der Waals surface area contributed by atoms with E-state index >= 15 is 0 Å². The molecule has 3 N–H and O–H groups in total. The first-order chi connectivity index (χ1) is 11.8. The van der Waals surface area contributed by atoms with Crippen molar-refractivity contribution in [3.05, 3.63) is 49.9 Å². The molecule has 6 nitrogen and oxygen atoms in total. The Bertz CT molecular complexity index is 963. The zero-order valence-corrected chi connectivity index (χ0v) is 14.9. The Kier molecular flexibility index (Phi) is 4.55. The van der Waals surface area contributed by atoms with Gasteiger partial charge in [0.25, 0.3) is 0 Å². The number of aliphatic carboxylic acids is 1. The summed E-state index contributed by atoms with van der Waals surface area (Å²) < 4.78 is 0. The lowest BCUT2D eigenvalue weighted by molar-refractivity contribution is -0.131. The Balaban J connectivity index is 2.28. The second-order valence-corrected chi connectivity index (χ2v) is 8.18. The van der Waals surface area contributed by atoms with Gasteiger partial charge >= 0.3 is 17.9 Å². The molecule has 0 atom stereocenters. The van der Waals surface area contributed by atoms with Crippen molar-refractivity contribution >= 4 is 57.9 Å². The molecular weight excluding hydrogens is 384 g/mol. The van der Waals surface area contributed by atoms with Crippen LogP contribution in [0.2, 0.25) is 0 Å². The topological polar surface area (TPSA) is 112 Å². The summed E-state index contributed by atoms with van der Waals surface area (Å²) in [6, 6.07) is 2.99. The van der Waals surface area contributed by atoms with E-state index in [4.69, 9.17) is 0 Å². The standard InChI is InChI=1S/C16H10O6S3/c1-6-2-9(14(17)18)23-5-7-3-10(15(19)20)25-13(7)8-4-11(16(21)22)24-12(6)8/h2-4H,1,5H2,(H,17,18)(H,19,20)(H,21,22)/b9-2-. The van der Waals surface area contributed by atoms with Crippen LogP contribution >= 0.6 is 34.4 Å². The minimum absolute atomic E-state index is 0.0668. The zero-order valence-electron chi connectivity index (χ0n) is 12.4. The Morgan fingerprint density at radius 1 is 0.920 bits per heavy atom. The molecule has 0 bridgehead atoms. The van der Waals surface area contributed by atoms with Crippen LogP contribution in [0.1, 0.15) is 29.8 Å². The Labute approximate surface area is 153 Å². The highest BCUT2D eigenvalue weighted by atomic mass is 32.2. The van der Waals surface area contributed by atoms with Crippen molar-refractivity contribution in [1.82, 2.24) is 0 Å². The molecule has 0 aliphatic carbocycles. The van der Waals surface area contributed by atoms with Gasteiger partial charge in [0.15, 0.2) is 0 Å². The molecule has 0 radical (unpaired) electrons. The van der Waals surface area contributed by atoms with E-state index in [-0.39, 0.29) is 20.4 Å². The van der Waals surface area contributed by atoms with Crippen molar-refractivity contribution in [1.29, 1.82) is 0 Å². The molecule has 25 heavy (non-hydrogen) atoms. The third-order valence-corrected chi connectivity index (χ3v) is 6.85. The number of thiophene rings is 2. The van der Waals surface area contributed by atoms with Crippen LogP contribution in [0.3, 0.4) is 0 Å². The third kappa shape index (κ3) is 3.26. The van der Waals surface area contributed by atoms with Gasteiger partial charge in [-0.15, -0.1) is 34.4 Å². The summed E-state index contributed by atoms with van der Waals surface area (Å²) in [7, 11) is 0.